The zero-order valence-electron chi connectivity index (χ0n) is 11.5. The second-order valence-corrected chi connectivity index (χ2v) is 4.94. The van der Waals surface area contributed by atoms with Crippen LogP contribution in [0.1, 0.15) is 24.2 Å². The summed E-state index contributed by atoms with van der Waals surface area (Å²) >= 11 is 0. The largest absolute Gasteiger partial charge is 0.469 e. The minimum Gasteiger partial charge on any atom is -0.469 e. The maximum Gasteiger partial charge on any atom is 0.227 e. The number of hydrogen-bond donors (Lipinski definition) is 1. The third-order valence-electron chi connectivity index (χ3n) is 3.67. The Bertz CT molecular complexity index is 662. The van der Waals surface area contributed by atoms with Crippen molar-refractivity contribution in [3.63, 3.8) is 0 Å². The zero-order valence-corrected chi connectivity index (χ0v) is 11.5. The number of nitrogens with zero attached hydrogens (tertiary/aromatic N) is 2. The summed E-state index contributed by atoms with van der Waals surface area (Å²) in [5.74, 6) is 0.863. The number of amides is 1. The van der Waals surface area contributed by atoms with Crippen LogP contribution in [0.4, 0.5) is 5.69 Å². The summed E-state index contributed by atoms with van der Waals surface area (Å²) in [6.07, 6.45) is 3.15. The minimum absolute atomic E-state index is 0.0517. The van der Waals surface area contributed by atoms with E-state index in [0.29, 0.717) is 31.5 Å². The first-order chi connectivity index (χ1) is 10.3. The average molecular weight is 284 g/mol. The number of rotatable bonds is 3. The Morgan fingerprint density at radius 2 is 2.14 bits per heavy atom. The second kappa shape index (κ2) is 5.83. The highest BCUT2D eigenvalue weighted by atomic mass is 16.4. The molecule has 1 amide bonds. The Morgan fingerprint density at radius 3 is 2.90 bits per heavy atom. The van der Waals surface area contributed by atoms with Crippen molar-refractivity contribution >= 4 is 17.3 Å². The molecule has 3 rings (SSSR count). The fourth-order valence-electron chi connectivity index (χ4n) is 2.61. The summed E-state index contributed by atoms with van der Waals surface area (Å²) < 4.78 is 5.25. The molecule has 1 aromatic heterocycles. The van der Waals surface area contributed by atoms with Crippen LogP contribution in [0.25, 0.3) is 0 Å². The molecule has 0 aliphatic carbocycles. The van der Waals surface area contributed by atoms with Gasteiger partial charge in [-0.15, -0.1) is 0 Å². The van der Waals surface area contributed by atoms with Crippen LogP contribution in [0.15, 0.2) is 52.2 Å². The quantitative estimate of drug-likeness (QED) is 0.696. The predicted molar refractivity (Wildman–Crippen MR) is 78.8 cm³/mol. The lowest BCUT2D eigenvalue weighted by Crippen LogP contribution is -2.37. The maximum absolute atomic E-state index is 12.4. The molecule has 5 nitrogen and oxygen atoms in total. The molecule has 1 aromatic carbocycles. The van der Waals surface area contributed by atoms with Gasteiger partial charge in [-0.05, 0) is 18.2 Å². The third kappa shape index (κ3) is 2.67. The van der Waals surface area contributed by atoms with Crippen molar-refractivity contribution in [2.75, 3.05) is 11.4 Å². The van der Waals surface area contributed by atoms with Gasteiger partial charge >= 0.3 is 0 Å². The standard InChI is InChI=1S/C16H16N2O3/c19-16(8-7-12-4-3-11-21-12)18-10-9-14(17-20)13-5-1-2-6-15(13)18/h1-6,11,20H,7-10H2. The summed E-state index contributed by atoms with van der Waals surface area (Å²) in [6, 6.07) is 11.2. The van der Waals surface area contributed by atoms with Crippen molar-refractivity contribution in [3.05, 3.63) is 54.0 Å². The van der Waals surface area contributed by atoms with E-state index in [9.17, 15) is 4.79 Å². The van der Waals surface area contributed by atoms with Crippen LogP contribution in [-0.2, 0) is 11.2 Å². The number of aryl methyl sites for hydroxylation is 1. The first-order valence-electron chi connectivity index (χ1n) is 6.92. The van der Waals surface area contributed by atoms with Gasteiger partial charge in [-0.3, -0.25) is 4.79 Å². The molecule has 1 aliphatic rings. The van der Waals surface area contributed by atoms with Crippen LogP contribution in [0.2, 0.25) is 0 Å². The lowest BCUT2D eigenvalue weighted by Gasteiger charge is -2.29. The highest BCUT2D eigenvalue weighted by Crippen LogP contribution is 2.28. The van der Waals surface area contributed by atoms with E-state index in [-0.39, 0.29) is 5.91 Å². The highest BCUT2D eigenvalue weighted by molar-refractivity contribution is 6.11. The molecule has 0 saturated heterocycles. The molecule has 0 spiro atoms. The number of benzene rings is 1. The molecule has 5 heteroatoms. The van der Waals surface area contributed by atoms with Gasteiger partial charge in [-0.2, -0.15) is 0 Å². The van der Waals surface area contributed by atoms with E-state index in [1.165, 1.54) is 0 Å². The topological polar surface area (TPSA) is 66.0 Å². The van der Waals surface area contributed by atoms with Crippen molar-refractivity contribution in [2.45, 2.75) is 19.3 Å². The Morgan fingerprint density at radius 1 is 1.29 bits per heavy atom. The molecule has 0 saturated carbocycles. The Kier molecular flexibility index (Phi) is 3.73. The van der Waals surface area contributed by atoms with Gasteiger partial charge in [0.1, 0.15) is 5.76 Å². The number of para-hydroxylation sites is 1. The lowest BCUT2D eigenvalue weighted by molar-refractivity contribution is -0.118. The molecular formula is C16H16N2O3. The monoisotopic (exact) mass is 284 g/mol. The van der Waals surface area contributed by atoms with Gasteiger partial charge in [0.25, 0.3) is 0 Å². The van der Waals surface area contributed by atoms with E-state index in [0.717, 1.165) is 17.0 Å². The zero-order chi connectivity index (χ0) is 14.7. The SMILES string of the molecule is O=C(CCc1ccco1)N1CCC(=NO)c2ccccc21. The smallest absolute Gasteiger partial charge is 0.227 e. The van der Waals surface area contributed by atoms with Crippen LogP contribution in [0, 0.1) is 0 Å². The van der Waals surface area contributed by atoms with Gasteiger partial charge in [-0.25, -0.2) is 0 Å². The molecule has 108 valence electrons. The molecular weight excluding hydrogens is 268 g/mol. The lowest BCUT2D eigenvalue weighted by atomic mass is 9.99. The van der Waals surface area contributed by atoms with Crippen LogP contribution < -0.4 is 4.90 Å². The van der Waals surface area contributed by atoms with Crippen LogP contribution in [0.3, 0.4) is 0 Å². The van der Waals surface area contributed by atoms with Crippen molar-refractivity contribution in [1.82, 2.24) is 0 Å². The molecule has 0 atom stereocenters. The molecule has 0 fully saturated rings. The minimum atomic E-state index is 0.0517. The fraction of sp³-hybridized carbons (Fsp3) is 0.250. The van der Waals surface area contributed by atoms with Crippen LogP contribution in [0.5, 0.6) is 0 Å². The Balaban J connectivity index is 1.78. The van der Waals surface area contributed by atoms with Crippen molar-refractivity contribution in [3.8, 4) is 0 Å². The normalized spacial score (nSPS) is 16.0. The van der Waals surface area contributed by atoms with Crippen molar-refractivity contribution < 1.29 is 14.4 Å². The number of fused-ring (bicyclic) bond motifs is 1. The number of oxime groups is 1. The molecule has 0 bridgehead atoms. The van der Waals surface area contributed by atoms with E-state index in [1.807, 2.05) is 36.4 Å². The number of anilines is 1. The summed E-state index contributed by atoms with van der Waals surface area (Å²) in [5.41, 5.74) is 2.25. The third-order valence-corrected chi connectivity index (χ3v) is 3.67. The van der Waals surface area contributed by atoms with Crippen molar-refractivity contribution in [1.29, 1.82) is 0 Å². The van der Waals surface area contributed by atoms with Crippen LogP contribution in [-0.4, -0.2) is 23.4 Å². The summed E-state index contributed by atoms with van der Waals surface area (Å²) in [7, 11) is 0. The van der Waals surface area contributed by atoms with Gasteiger partial charge in [0.05, 0.1) is 17.7 Å². The fourth-order valence-corrected chi connectivity index (χ4v) is 2.61. The Hall–Kier alpha value is -2.56. The van der Waals surface area contributed by atoms with E-state index >= 15 is 0 Å². The molecule has 2 aromatic rings. The van der Waals surface area contributed by atoms with Gasteiger partial charge in [0.2, 0.25) is 5.91 Å². The molecule has 2 heterocycles. The van der Waals surface area contributed by atoms with Crippen LogP contribution >= 0.6 is 0 Å². The number of carbonyl (C=O) groups is 1. The van der Waals surface area contributed by atoms with E-state index in [4.69, 9.17) is 9.62 Å². The molecule has 21 heavy (non-hydrogen) atoms. The Labute approximate surface area is 122 Å². The molecule has 0 radical (unpaired) electrons. The second-order valence-electron chi connectivity index (χ2n) is 4.94. The average Bonchev–Trinajstić information content (AvgIpc) is 3.05. The van der Waals surface area contributed by atoms with E-state index in [2.05, 4.69) is 5.16 Å². The summed E-state index contributed by atoms with van der Waals surface area (Å²) in [4.78, 5) is 14.2. The van der Waals surface area contributed by atoms with E-state index in [1.54, 1.807) is 11.2 Å². The first kappa shape index (κ1) is 13.4. The molecule has 1 aliphatic heterocycles. The summed E-state index contributed by atoms with van der Waals surface area (Å²) in [5, 5.41) is 12.4. The van der Waals surface area contributed by atoms with Gasteiger partial charge < -0.3 is 14.5 Å². The highest BCUT2D eigenvalue weighted by Gasteiger charge is 2.25. The number of hydrogen-bond acceptors (Lipinski definition) is 4. The number of carbonyl (C=O) groups excluding carboxylic acids is 1. The van der Waals surface area contributed by atoms with Crippen molar-refractivity contribution in [2.24, 2.45) is 5.16 Å². The van der Waals surface area contributed by atoms with Gasteiger partial charge in [0.15, 0.2) is 0 Å². The maximum atomic E-state index is 12.4. The predicted octanol–water partition coefficient (Wildman–Crippen LogP) is 2.83. The first-order valence-corrected chi connectivity index (χ1v) is 6.92. The molecule has 1 N–H and O–H groups in total. The van der Waals surface area contributed by atoms with Gasteiger partial charge in [-0.1, -0.05) is 23.4 Å². The number of furan rings is 1. The van der Waals surface area contributed by atoms with Gasteiger partial charge in [0, 0.05) is 31.4 Å². The summed E-state index contributed by atoms with van der Waals surface area (Å²) in [6.45, 7) is 0.535. The molecule has 0 unspecified atom stereocenters. The van der Waals surface area contributed by atoms with E-state index < -0.39 is 0 Å².